The van der Waals surface area contributed by atoms with E-state index in [1.807, 2.05) is 0 Å². The summed E-state index contributed by atoms with van der Waals surface area (Å²) in [4.78, 5) is 25.5. The maximum Gasteiger partial charge on any atom is 0.399 e. The van der Waals surface area contributed by atoms with E-state index in [0.717, 1.165) is 6.08 Å². The summed E-state index contributed by atoms with van der Waals surface area (Å²) in [6, 6.07) is 8.53. The highest BCUT2D eigenvalue weighted by molar-refractivity contribution is 6.34. The largest absolute Gasteiger partial charge is 0.399 e. The molecule has 0 aliphatic carbocycles. The van der Waals surface area contributed by atoms with E-state index in [0.29, 0.717) is 36.1 Å². The molecule has 8 heteroatoms. The number of benzene rings is 2. The van der Waals surface area contributed by atoms with Crippen molar-refractivity contribution in [2.75, 3.05) is 6.54 Å². The quantitative estimate of drug-likeness (QED) is 0.498. The van der Waals surface area contributed by atoms with Gasteiger partial charge in [0, 0.05) is 28.6 Å². The van der Waals surface area contributed by atoms with Crippen molar-refractivity contribution in [3.63, 3.8) is 0 Å². The molecule has 1 aliphatic rings. The number of rotatable bonds is 4. The number of aryl methyl sites for hydroxylation is 1. The van der Waals surface area contributed by atoms with E-state index < -0.39 is 12.1 Å². The predicted molar refractivity (Wildman–Crippen MR) is 111 cm³/mol. The molecule has 1 heterocycles. The number of halogens is 5. The summed E-state index contributed by atoms with van der Waals surface area (Å²) in [5.41, 5.74) is 1.37. The number of amides is 2. The third-order valence-electron chi connectivity index (χ3n) is 4.88. The molecule has 2 amide bonds. The third kappa shape index (κ3) is 5.05. The van der Waals surface area contributed by atoms with Gasteiger partial charge in [-0.1, -0.05) is 47.5 Å². The summed E-state index contributed by atoms with van der Waals surface area (Å²) in [7, 11) is 0. The van der Waals surface area contributed by atoms with Crippen LogP contribution in [-0.4, -0.2) is 29.4 Å². The van der Waals surface area contributed by atoms with Crippen molar-refractivity contribution in [3.05, 3.63) is 74.8 Å². The van der Waals surface area contributed by atoms with Crippen molar-refractivity contribution in [2.45, 2.75) is 31.9 Å². The molecule has 158 valence electrons. The van der Waals surface area contributed by atoms with E-state index in [9.17, 15) is 22.8 Å². The Labute approximate surface area is 182 Å². The fraction of sp³-hybridized carbons (Fsp3) is 0.273. The Balaban J connectivity index is 1.87. The lowest BCUT2D eigenvalue weighted by molar-refractivity contribution is -0.139. The molecule has 0 bridgehead atoms. The smallest absolute Gasteiger partial charge is 0.278 e. The van der Waals surface area contributed by atoms with E-state index in [4.69, 9.17) is 23.2 Å². The van der Waals surface area contributed by atoms with Gasteiger partial charge in [-0.15, -0.1) is 0 Å². The monoisotopic (exact) mass is 455 g/mol. The van der Waals surface area contributed by atoms with Crippen LogP contribution in [-0.2, 0) is 4.79 Å². The zero-order valence-corrected chi connectivity index (χ0v) is 17.5. The minimum absolute atomic E-state index is 0.0627. The second kappa shape index (κ2) is 8.82. The van der Waals surface area contributed by atoms with Crippen LogP contribution in [0.5, 0.6) is 0 Å². The van der Waals surface area contributed by atoms with Crippen molar-refractivity contribution in [1.82, 2.24) is 4.90 Å². The van der Waals surface area contributed by atoms with E-state index in [-0.39, 0.29) is 27.4 Å². The summed E-state index contributed by atoms with van der Waals surface area (Å²) in [6.07, 6.45) is -1.18. The Kier molecular flexibility index (Phi) is 6.58. The van der Waals surface area contributed by atoms with Crippen LogP contribution in [0.1, 0.15) is 45.8 Å². The molecule has 3 nitrogen and oxygen atoms in total. The molecule has 1 unspecified atom stereocenters. The topological polar surface area (TPSA) is 37.4 Å². The zero-order valence-electron chi connectivity index (χ0n) is 16.0. The van der Waals surface area contributed by atoms with Gasteiger partial charge in [0.2, 0.25) is 5.91 Å². The summed E-state index contributed by atoms with van der Waals surface area (Å²) in [5, 5.41) is 0.241. The number of alkyl halides is 3. The van der Waals surface area contributed by atoms with Crippen molar-refractivity contribution >= 4 is 41.1 Å². The molecule has 3 rings (SSSR count). The number of allylic oxidation sites excluding steroid dienone is 1. The van der Waals surface area contributed by atoms with Crippen molar-refractivity contribution in [3.8, 4) is 0 Å². The van der Waals surface area contributed by atoms with Gasteiger partial charge < -0.3 is 0 Å². The molecule has 0 aromatic heterocycles. The molecule has 1 aliphatic heterocycles. The lowest BCUT2D eigenvalue weighted by Crippen LogP contribution is -2.32. The standard InChI is InChI=1S/C22H18Cl2F3NO2/c1-13-9-14(4-6-18(13)21(30)28-8-2-3-20(28)29)5-7-19(22(25,26)27)15-10-16(23)12-17(24)11-15/h4-7,9-12,19H,2-3,8H2,1H3/b7-5+. The molecule has 2 aromatic rings. The van der Waals surface area contributed by atoms with Crippen LogP contribution in [0, 0.1) is 6.92 Å². The average molecular weight is 456 g/mol. The normalized spacial score (nSPS) is 15.8. The molecule has 1 fully saturated rings. The number of hydrogen-bond donors (Lipinski definition) is 0. The fourth-order valence-electron chi connectivity index (χ4n) is 3.41. The van der Waals surface area contributed by atoms with Gasteiger partial charge in [0.25, 0.3) is 5.91 Å². The van der Waals surface area contributed by atoms with Crippen LogP contribution in [0.25, 0.3) is 6.08 Å². The van der Waals surface area contributed by atoms with Crippen LogP contribution < -0.4 is 0 Å². The number of carbonyl (C=O) groups excluding carboxylic acids is 2. The Morgan fingerprint density at radius 3 is 2.33 bits per heavy atom. The molecule has 1 saturated heterocycles. The van der Waals surface area contributed by atoms with E-state index in [2.05, 4.69) is 0 Å². The molecule has 0 spiro atoms. The second-order valence-corrected chi connectivity index (χ2v) is 7.98. The summed E-state index contributed by atoms with van der Waals surface area (Å²) >= 11 is 11.7. The van der Waals surface area contributed by atoms with Crippen molar-refractivity contribution in [2.24, 2.45) is 0 Å². The lowest BCUT2D eigenvalue weighted by atomic mass is 9.96. The van der Waals surface area contributed by atoms with Crippen LogP contribution in [0.2, 0.25) is 10.0 Å². The van der Waals surface area contributed by atoms with E-state index >= 15 is 0 Å². The molecule has 0 N–H and O–H groups in total. The van der Waals surface area contributed by atoms with Gasteiger partial charge in [-0.3, -0.25) is 14.5 Å². The number of imide groups is 1. The molecule has 1 atom stereocenters. The van der Waals surface area contributed by atoms with E-state index in [1.54, 1.807) is 19.1 Å². The molecule has 0 radical (unpaired) electrons. The summed E-state index contributed by atoms with van der Waals surface area (Å²) < 4.78 is 40.8. The Morgan fingerprint density at radius 2 is 1.80 bits per heavy atom. The molecule has 2 aromatic carbocycles. The molecular weight excluding hydrogens is 438 g/mol. The number of nitrogens with zero attached hydrogens (tertiary/aromatic N) is 1. The van der Waals surface area contributed by atoms with Crippen molar-refractivity contribution < 1.29 is 22.8 Å². The SMILES string of the molecule is Cc1cc(/C=C/C(c2cc(Cl)cc(Cl)c2)C(F)(F)F)ccc1C(=O)N1CCCC1=O. The second-order valence-electron chi connectivity index (χ2n) is 7.11. The first-order valence-electron chi connectivity index (χ1n) is 9.22. The highest BCUT2D eigenvalue weighted by Crippen LogP contribution is 2.38. The van der Waals surface area contributed by atoms with Gasteiger partial charge in [-0.2, -0.15) is 13.2 Å². The van der Waals surface area contributed by atoms with Crippen LogP contribution in [0.15, 0.2) is 42.5 Å². The Hall–Kier alpha value is -2.31. The maximum absolute atomic E-state index is 13.6. The predicted octanol–water partition coefficient (Wildman–Crippen LogP) is 6.42. The maximum atomic E-state index is 13.6. The first kappa shape index (κ1) is 22.4. The van der Waals surface area contributed by atoms with Crippen molar-refractivity contribution in [1.29, 1.82) is 0 Å². The minimum atomic E-state index is -4.54. The summed E-state index contributed by atoms with van der Waals surface area (Å²) in [6.45, 7) is 2.07. The highest BCUT2D eigenvalue weighted by atomic mass is 35.5. The molecule has 0 saturated carbocycles. The highest BCUT2D eigenvalue weighted by Gasteiger charge is 2.39. The van der Waals surface area contributed by atoms with Gasteiger partial charge in [-0.05, 0) is 54.3 Å². The van der Waals surface area contributed by atoms with Gasteiger partial charge in [0.05, 0.1) is 5.92 Å². The number of carbonyl (C=O) groups is 2. The van der Waals surface area contributed by atoms with Gasteiger partial charge >= 0.3 is 6.18 Å². The van der Waals surface area contributed by atoms with Crippen LogP contribution >= 0.6 is 23.2 Å². The van der Waals surface area contributed by atoms with Crippen LogP contribution in [0.4, 0.5) is 13.2 Å². The molecular formula is C22H18Cl2F3NO2. The lowest BCUT2D eigenvalue weighted by Gasteiger charge is -2.18. The average Bonchev–Trinajstić information content (AvgIpc) is 3.05. The number of hydrogen-bond acceptors (Lipinski definition) is 2. The Morgan fingerprint density at radius 1 is 1.13 bits per heavy atom. The van der Waals surface area contributed by atoms with Crippen LogP contribution in [0.3, 0.4) is 0 Å². The van der Waals surface area contributed by atoms with E-state index in [1.165, 1.54) is 35.2 Å². The third-order valence-corrected chi connectivity index (χ3v) is 5.31. The van der Waals surface area contributed by atoms with Gasteiger partial charge in [0.1, 0.15) is 0 Å². The van der Waals surface area contributed by atoms with Gasteiger partial charge in [0.15, 0.2) is 0 Å². The zero-order chi connectivity index (χ0) is 22.1. The number of likely N-dealkylation sites (tertiary alicyclic amines) is 1. The fourth-order valence-corrected chi connectivity index (χ4v) is 3.95. The first-order chi connectivity index (χ1) is 14.1. The first-order valence-corrected chi connectivity index (χ1v) is 9.98. The van der Waals surface area contributed by atoms with Gasteiger partial charge in [-0.25, -0.2) is 0 Å². The minimum Gasteiger partial charge on any atom is -0.278 e. The molecule has 30 heavy (non-hydrogen) atoms. The summed E-state index contributed by atoms with van der Waals surface area (Å²) in [5.74, 6) is -2.48. The Bertz CT molecular complexity index is 998.